The Kier molecular flexibility index (Phi) is 9.10. The number of benzene rings is 3. The molecule has 3 aliphatic rings. The van der Waals surface area contributed by atoms with Crippen LogP contribution in [0.1, 0.15) is 39.6 Å². The third-order valence-corrected chi connectivity index (χ3v) is 9.20. The molecular weight excluding hydrogens is 622 g/mol. The number of methoxy groups -OCH3 is 1. The molecule has 6 rings (SSSR count). The van der Waals surface area contributed by atoms with Crippen LogP contribution in [0.5, 0.6) is 5.75 Å². The predicted octanol–water partition coefficient (Wildman–Crippen LogP) is 5.92. The molecule has 0 radical (unpaired) electrons. The number of piperazine rings is 1. The molecule has 3 aromatic rings. The summed E-state index contributed by atoms with van der Waals surface area (Å²) in [5, 5.41) is 3.85. The zero-order chi connectivity index (χ0) is 31.8. The lowest BCUT2D eigenvalue weighted by Gasteiger charge is -2.40. The number of amides is 1. The van der Waals surface area contributed by atoms with E-state index in [-0.39, 0.29) is 58.0 Å². The first-order chi connectivity index (χ1) is 21.6. The van der Waals surface area contributed by atoms with Crippen molar-refractivity contribution in [2.24, 2.45) is 0 Å². The first-order valence-corrected chi connectivity index (χ1v) is 15.6. The van der Waals surface area contributed by atoms with Gasteiger partial charge in [0, 0.05) is 60.3 Å². The van der Waals surface area contributed by atoms with Crippen LogP contribution in [0.2, 0.25) is 10.0 Å². The van der Waals surface area contributed by atoms with E-state index < -0.39 is 11.8 Å². The molecule has 2 saturated heterocycles. The first kappa shape index (κ1) is 31.4. The van der Waals surface area contributed by atoms with Gasteiger partial charge in [0.1, 0.15) is 11.6 Å². The number of fused-ring (bicyclic) bond motifs is 1. The molecule has 0 aromatic heterocycles. The van der Waals surface area contributed by atoms with Crippen molar-refractivity contribution in [2.45, 2.75) is 32.0 Å². The standard InChI is InChI=1S/C33H35Cl2FN4O5/c1-19-15-38(2)8-9-40(19)22-11-26(34)30(27(35)12-22)32(41)39-16-20-5-4-6-23(31(20)45-18-39)24-14-29(37-21-7-10-44-17-21)25(13-28(24)36)33(42)43-3/h4-6,11-14,19,21,37H,7-10,15-18H2,1-3H3/t19-,21-/m1/s1. The van der Waals surface area contributed by atoms with E-state index in [0.717, 1.165) is 31.7 Å². The van der Waals surface area contributed by atoms with Crippen LogP contribution in [-0.2, 0) is 16.0 Å². The second kappa shape index (κ2) is 13.0. The molecule has 12 heteroatoms. The van der Waals surface area contributed by atoms with Crippen molar-refractivity contribution in [3.8, 4) is 16.9 Å². The van der Waals surface area contributed by atoms with E-state index in [1.807, 2.05) is 6.07 Å². The van der Waals surface area contributed by atoms with Crippen molar-refractivity contribution >= 4 is 46.5 Å². The second-order valence-corrected chi connectivity index (χ2v) is 12.5. The monoisotopic (exact) mass is 656 g/mol. The van der Waals surface area contributed by atoms with Crippen molar-refractivity contribution in [3.05, 3.63) is 75.0 Å². The van der Waals surface area contributed by atoms with Gasteiger partial charge in [-0.15, -0.1) is 0 Å². The van der Waals surface area contributed by atoms with E-state index in [1.165, 1.54) is 18.1 Å². The molecule has 1 N–H and O–H groups in total. The number of halogens is 3. The van der Waals surface area contributed by atoms with E-state index in [1.54, 1.807) is 30.3 Å². The van der Waals surface area contributed by atoms with Crippen molar-refractivity contribution in [1.82, 2.24) is 9.80 Å². The minimum absolute atomic E-state index is 0.0232. The topological polar surface area (TPSA) is 83.6 Å². The van der Waals surface area contributed by atoms with Gasteiger partial charge in [-0.2, -0.15) is 0 Å². The Morgan fingerprint density at radius 2 is 1.87 bits per heavy atom. The summed E-state index contributed by atoms with van der Waals surface area (Å²) in [6.45, 7) is 6.01. The number of anilines is 2. The molecule has 2 fully saturated rings. The quantitative estimate of drug-likeness (QED) is 0.328. The molecule has 0 spiro atoms. The zero-order valence-corrected chi connectivity index (χ0v) is 26.9. The Bertz CT molecular complexity index is 1610. The number of esters is 1. The highest BCUT2D eigenvalue weighted by Crippen LogP contribution is 2.41. The molecular formula is C33H35Cl2FN4O5. The average Bonchev–Trinajstić information content (AvgIpc) is 3.53. The highest BCUT2D eigenvalue weighted by Gasteiger charge is 2.31. The minimum atomic E-state index is -0.647. The Labute approximate surface area is 271 Å². The molecule has 3 aliphatic heterocycles. The summed E-state index contributed by atoms with van der Waals surface area (Å²) < 4.78 is 32.1. The van der Waals surface area contributed by atoms with Crippen LogP contribution in [0.15, 0.2) is 42.5 Å². The van der Waals surface area contributed by atoms with Crippen molar-refractivity contribution in [2.75, 3.05) is 64.0 Å². The molecule has 238 valence electrons. The Morgan fingerprint density at radius 1 is 1.09 bits per heavy atom. The van der Waals surface area contributed by atoms with Crippen molar-refractivity contribution in [1.29, 1.82) is 0 Å². The van der Waals surface area contributed by atoms with E-state index in [9.17, 15) is 9.59 Å². The fraction of sp³-hybridized carbons (Fsp3) is 0.394. The van der Waals surface area contributed by atoms with Crippen LogP contribution < -0.4 is 15.0 Å². The molecule has 0 saturated carbocycles. The second-order valence-electron chi connectivity index (χ2n) is 11.7. The van der Waals surface area contributed by atoms with Crippen molar-refractivity contribution in [3.63, 3.8) is 0 Å². The van der Waals surface area contributed by atoms with Crippen molar-refractivity contribution < 1.29 is 28.2 Å². The number of carbonyl (C=O) groups excluding carboxylic acids is 2. The smallest absolute Gasteiger partial charge is 0.340 e. The normalized spacial score (nSPS) is 20.0. The molecule has 0 bridgehead atoms. The number of nitrogens with one attached hydrogen (secondary N) is 1. The molecule has 1 amide bonds. The summed E-state index contributed by atoms with van der Waals surface area (Å²) >= 11 is 13.4. The van der Waals surface area contributed by atoms with Crippen LogP contribution >= 0.6 is 23.2 Å². The Hall–Kier alpha value is -3.57. The Balaban J connectivity index is 1.27. The lowest BCUT2D eigenvalue weighted by atomic mass is 9.97. The van der Waals surface area contributed by atoms with Gasteiger partial charge in [0.15, 0.2) is 6.73 Å². The van der Waals surface area contributed by atoms with Crippen LogP contribution in [0, 0.1) is 5.82 Å². The number of hydrogen-bond donors (Lipinski definition) is 1. The lowest BCUT2D eigenvalue weighted by molar-refractivity contribution is 0.0515. The van der Waals surface area contributed by atoms with Crippen LogP contribution in [-0.4, -0.2) is 87.5 Å². The molecule has 2 atom stereocenters. The number of likely N-dealkylation sites (N-methyl/N-ethyl adjacent to an activating group) is 1. The van der Waals surface area contributed by atoms with Gasteiger partial charge in [-0.25, -0.2) is 9.18 Å². The molecule has 3 heterocycles. The summed E-state index contributed by atoms with van der Waals surface area (Å²) in [4.78, 5) is 32.2. The van der Waals surface area contributed by atoms with Gasteiger partial charge in [0.25, 0.3) is 5.91 Å². The molecule has 3 aromatic carbocycles. The molecule has 9 nitrogen and oxygen atoms in total. The number of ether oxygens (including phenoxy) is 3. The highest BCUT2D eigenvalue weighted by molar-refractivity contribution is 6.40. The predicted molar refractivity (Wildman–Crippen MR) is 172 cm³/mol. The van der Waals surface area contributed by atoms with Crippen LogP contribution in [0.25, 0.3) is 11.1 Å². The third-order valence-electron chi connectivity index (χ3n) is 8.60. The fourth-order valence-corrected chi connectivity index (χ4v) is 6.91. The fourth-order valence-electron chi connectivity index (χ4n) is 6.27. The maximum Gasteiger partial charge on any atom is 0.340 e. The highest BCUT2D eigenvalue weighted by atomic mass is 35.5. The van der Waals surface area contributed by atoms with Gasteiger partial charge in [-0.05, 0) is 44.7 Å². The summed E-state index contributed by atoms with van der Waals surface area (Å²) in [6, 6.07) is 12.0. The molecule has 0 unspecified atom stereocenters. The average molecular weight is 658 g/mol. The summed E-state index contributed by atoms with van der Waals surface area (Å²) in [6.07, 6.45) is 0.757. The van der Waals surface area contributed by atoms with E-state index in [2.05, 4.69) is 29.1 Å². The van der Waals surface area contributed by atoms with Gasteiger partial charge in [-0.1, -0.05) is 41.4 Å². The van der Waals surface area contributed by atoms with Gasteiger partial charge < -0.3 is 34.2 Å². The van der Waals surface area contributed by atoms with E-state index >= 15 is 4.39 Å². The zero-order valence-electron chi connectivity index (χ0n) is 25.4. The van der Waals surface area contributed by atoms with Crippen LogP contribution in [0.3, 0.4) is 0 Å². The number of rotatable bonds is 6. The summed E-state index contributed by atoms with van der Waals surface area (Å²) in [5.74, 6) is -1.16. The van der Waals surface area contributed by atoms with Crippen LogP contribution in [0.4, 0.5) is 15.8 Å². The maximum absolute atomic E-state index is 15.6. The van der Waals surface area contributed by atoms with E-state index in [4.69, 9.17) is 37.4 Å². The van der Waals surface area contributed by atoms with Gasteiger partial charge in [0.05, 0.1) is 47.5 Å². The third kappa shape index (κ3) is 6.29. The number of carbonyl (C=O) groups is 2. The van der Waals surface area contributed by atoms with Gasteiger partial charge in [-0.3, -0.25) is 4.79 Å². The maximum atomic E-state index is 15.6. The van der Waals surface area contributed by atoms with E-state index in [0.29, 0.717) is 35.8 Å². The lowest BCUT2D eigenvalue weighted by Crippen LogP contribution is -2.50. The molecule has 0 aliphatic carbocycles. The largest absolute Gasteiger partial charge is 0.472 e. The number of nitrogens with zero attached hydrogens (tertiary/aromatic N) is 3. The summed E-state index contributed by atoms with van der Waals surface area (Å²) in [5.41, 5.74) is 3.07. The SMILES string of the molecule is COC(=O)c1cc(F)c(-c2cccc3c2OCN(C(=O)c2c(Cl)cc(N4CCN(C)C[C@H]4C)cc2Cl)C3)cc1N[C@@H]1CCOC1. The van der Waals surface area contributed by atoms with Gasteiger partial charge in [0.2, 0.25) is 0 Å². The minimum Gasteiger partial charge on any atom is -0.472 e. The van der Waals surface area contributed by atoms with Gasteiger partial charge >= 0.3 is 5.97 Å². The first-order valence-electron chi connectivity index (χ1n) is 14.9. The Morgan fingerprint density at radius 3 is 2.56 bits per heavy atom. The summed E-state index contributed by atoms with van der Waals surface area (Å²) in [7, 11) is 3.35. The number of hydrogen-bond acceptors (Lipinski definition) is 8. The molecule has 45 heavy (non-hydrogen) atoms. The number of para-hydroxylation sites is 1.